The second-order valence-electron chi connectivity index (χ2n) is 3.21. The van der Waals surface area contributed by atoms with Crippen molar-refractivity contribution in [1.29, 1.82) is 0 Å². The maximum Gasteiger partial charge on any atom is 0.451 e. The van der Waals surface area contributed by atoms with Crippen molar-refractivity contribution in [2.75, 3.05) is 26.2 Å². The van der Waals surface area contributed by atoms with Crippen LogP contribution in [-0.2, 0) is 4.79 Å². The number of rotatable bonds is 2. The van der Waals surface area contributed by atoms with Gasteiger partial charge in [-0.25, -0.2) is 0 Å². The van der Waals surface area contributed by atoms with E-state index < -0.39 is 18.0 Å². The van der Waals surface area contributed by atoms with Crippen molar-refractivity contribution in [1.82, 2.24) is 10.2 Å². The van der Waals surface area contributed by atoms with Crippen molar-refractivity contribution in [3.05, 3.63) is 0 Å². The minimum atomic E-state index is -4.73. The summed E-state index contributed by atoms with van der Waals surface area (Å²) >= 11 is 0. The van der Waals surface area contributed by atoms with E-state index >= 15 is 0 Å². The lowest BCUT2D eigenvalue weighted by Gasteiger charge is -2.34. The molecule has 3 nitrogen and oxygen atoms in total. The van der Waals surface area contributed by atoms with Crippen molar-refractivity contribution < 1.29 is 18.0 Å². The molecule has 1 fully saturated rings. The summed E-state index contributed by atoms with van der Waals surface area (Å²) in [7, 11) is 0. The van der Waals surface area contributed by atoms with Gasteiger partial charge in [0.25, 0.3) is 5.78 Å². The fourth-order valence-electron chi connectivity index (χ4n) is 1.57. The Hall–Kier alpha value is -0.620. The fourth-order valence-corrected chi connectivity index (χ4v) is 1.57. The number of carbonyl (C=O) groups excluding carboxylic acids is 1. The van der Waals surface area contributed by atoms with Crippen LogP contribution in [0.3, 0.4) is 0 Å². The van der Waals surface area contributed by atoms with Crippen LogP contribution in [0.4, 0.5) is 13.2 Å². The molecule has 0 aromatic rings. The van der Waals surface area contributed by atoms with Crippen LogP contribution in [0.25, 0.3) is 0 Å². The van der Waals surface area contributed by atoms with Crippen molar-refractivity contribution in [2.24, 2.45) is 0 Å². The zero-order chi connectivity index (χ0) is 10.8. The molecule has 1 atom stereocenters. The summed E-state index contributed by atoms with van der Waals surface area (Å²) < 4.78 is 36.4. The topological polar surface area (TPSA) is 32.3 Å². The van der Waals surface area contributed by atoms with Gasteiger partial charge >= 0.3 is 6.18 Å². The van der Waals surface area contributed by atoms with Crippen molar-refractivity contribution in [3.8, 4) is 0 Å². The zero-order valence-electron chi connectivity index (χ0n) is 7.90. The van der Waals surface area contributed by atoms with Crippen LogP contribution in [-0.4, -0.2) is 49.1 Å². The SMILES string of the molecule is CCN1CCNCC1C(=O)C(F)(F)F. The van der Waals surface area contributed by atoms with E-state index in [9.17, 15) is 18.0 Å². The molecule has 1 unspecified atom stereocenters. The van der Waals surface area contributed by atoms with Gasteiger partial charge < -0.3 is 5.32 Å². The first-order valence-electron chi connectivity index (χ1n) is 4.52. The molecule has 0 radical (unpaired) electrons. The third-order valence-corrected chi connectivity index (χ3v) is 2.34. The van der Waals surface area contributed by atoms with Gasteiger partial charge in [0.05, 0.1) is 6.04 Å². The molecule has 1 aliphatic rings. The van der Waals surface area contributed by atoms with Gasteiger partial charge in [0.2, 0.25) is 0 Å². The molecule has 0 spiro atoms. The molecule has 1 aliphatic heterocycles. The highest BCUT2D eigenvalue weighted by Gasteiger charge is 2.45. The molecular formula is C8H13F3N2O. The molecule has 14 heavy (non-hydrogen) atoms. The second kappa shape index (κ2) is 4.27. The summed E-state index contributed by atoms with van der Waals surface area (Å²) in [5.74, 6) is -1.65. The molecule has 0 bridgehead atoms. The minimum absolute atomic E-state index is 0.0895. The Balaban J connectivity index is 2.69. The number of carbonyl (C=O) groups is 1. The summed E-state index contributed by atoms with van der Waals surface area (Å²) in [6.45, 7) is 3.43. The van der Waals surface area contributed by atoms with Crippen molar-refractivity contribution in [3.63, 3.8) is 0 Å². The van der Waals surface area contributed by atoms with Gasteiger partial charge in [-0.3, -0.25) is 9.69 Å². The summed E-state index contributed by atoms with van der Waals surface area (Å²) in [6.07, 6.45) is -4.73. The molecule has 0 aliphatic carbocycles. The average Bonchev–Trinajstić information content (AvgIpc) is 2.15. The first kappa shape index (κ1) is 11.5. The number of hydrogen-bond acceptors (Lipinski definition) is 3. The molecule has 1 saturated heterocycles. The van der Waals surface area contributed by atoms with Crippen LogP contribution in [0.15, 0.2) is 0 Å². The standard InChI is InChI=1S/C8H13F3N2O/c1-2-13-4-3-12-5-6(13)7(14)8(9,10)11/h6,12H,2-5H2,1H3. The molecule has 1 N–H and O–H groups in total. The van der Waals surface area contributed by atoms with Gasteiger partial charge in [-0.2, -0.15) is 13.2 Å². The van der Waals surface area contributed by atoms with Crippen LogP contribution in [0.1, 0.15) is 6.92 Å². The lowest BCUT2D eigenvalue weighted by atomic mass is 10.1. The Morgan fingerprint density at radius 1 is 1.57 bits per heavy atom. The van der Waals surface area contributed by atoms with E-state index in [0.717, 1.165) is 0 Å². The number of Topliss-reactive ketones (excluding diaryl/α,β-unsaturated/α-hetero) is 1. The fraction of sp³-hybridized carbons (Fsp3) is 0.875. The Bertz CT molecular complexity index is 217. The summed E-state index contributed by atoms with van der Waals surface area (Å²) in [5, 5.41) is 2.79. The van der Waals surface area contributed by atoms with E-state index in [0.29, 0.717) is 19.6 Å². The first-order chi connectivity index (χ1) is 6.46. The number of ketones is 1. The third-order valence-electron chi connectivity index (χ3n) is 2.34. The van der Waals surface area contributed by atoms with Gasteiger partial charge in [0.15, 0.2) is 0 Å². The highest BCUT2D eigenvalue weighted by molar-refractivity contribution is 5.89. The van der Waals surface area contributed by atoms with Crippen LogP contribution in [0, 0.1) is 0 Å². The van der Waals surface area contributed by atoms with Gasteiger partial charge in [0.1, 0.15) is 0 Å². The van der Waals surface area contributed by atoms with Crippen LogP contribution in [0.2, 0.25) is 0 Å². The highest BCUT2D eigenvalue weighted by atomic mass is 19.4. The van der Waals surface area contributed by atoms with Crippen molar-refractivity contribution >= 4 is 5.78 Å². The van der Waals surface area contributed by atoms with Crippen LogP contribution >= 0.6 is 0 Å². The number of likely N-dealkylation sites (N-methyl/N-ethyl adjacent to an activating group) is 1. The van der Waals surface area contributed by atoms with Crippen LogP contribution < -0.4 is 5.32 Å². The van der Waals surface area contributed by atoms with E-state index in [-0.39, 0.29) is 6.54 Å². The van der Waals surface area contributed by atoms with Gasteiger partial charge in [-0.05, 0) is 6.54 Å². The van der Waals surface area contributed by atoms with E-state index in [4.69, 9.17) is 0 Å². The maximum atomic E-state index is 12.1. The normalized spacial score (nSPS) is 25.0. The maximum absolute atomic E-state index is 12.1. The van der Waals surface area contributed by atoms with E-state index in [2.05, 4.69) is 5.32 Å². The van der Waals surface area contributed by atoms with Crippen LogP contribution in [0.5, 0.6) is 0 Å². The van der Waals surface area contributed by atoms with E-state index in [1.54, 1.807) is 11.8 Å². The minimum Gasteiger partial charge on any atom is -0.313 e. The molecule has 0 aromatic carbocycles. The summed E-state index contributed by atoms with van der Waals surface area (Å²) in [5.41, 5.74) is 0. The van der Waals surface area contributed by atoms with Gasteiger partial charge in [0, 0.05) is 19.6 Å². The molecule has 0 aromatic heterocycles. The first-order valence-corrected chi connectivity index (χ1v) is 4.52. The lowest BCUT2D eigenvalue weighted by molar-refractivity contribution is -0.177. The Labute approximate surface area is 80.3 Å². The zero-order valence-corrected chi connectivity index (χ0v) is 7.90. The number of piperazine rings is 1. The third kappa shape index (κ3) is 2.45. The van der Waals surface area contributed by atoms with E-state index in [1.165, 1.54) is 0 Å². The predicted octanol–water partition coefficient (Wildman–Crippen LogP) is 0.411. The average molecular weight is 210 g/mol. The smallest absolute Gasteiger partial charge is 0.313 e. The molecule has 1 heterocycles. The molecule has 82 valence electrons. The Kier molecular flexibility index (Phi) is 3.49. The summed E-state index contributed by atoms with van der Waals surface area (Å²) in [6, 6.07) is -1.05. The molecule has 1 rings (SSSR count). The number of halogens is 3. The largest absolute Gasteiger partial charge is 0.451 e. The number of alkyl halides is 3. The predicted molar refractivity (Wildman–Crippen MR) is 45.0 cm³/mol. The Morgan fingerprint density at radius 3 is 2.71 bits per heavy atom. The summed E-state index contributed by atoms with van der Waals surface area (Å²) in [4.78, 5) is 12.5. The number of nitrogens with zero attached hydrogens (tertiary/aromatic N) is 1. The quantitative estimate of drug-likeness (QED) is 0.716. The monoisotopic (exact) mass is 210 g/mol. The van der Waals surface area contributed by atoms with Gasteiger partial charge in [-0.15, -0.1) is 0 Å². The molecule has 0 saturated carbocycles. The number of hydrogen-bond donors (Lipinski definition) is 1. The van der Waals surface area contributed by atoms with E-state index in [1.807, 2.05) is 0 Å². The van der Waals surface area contributed by atoms with Gasteiger partial charge in [-0.1, -0.05) is 6.92 Å². The lowest BCUT2D eigenvalue weighted by Crippen LogP contribution is -2.57. The Morgan fingerprint density at radius 2 is 2.21 bits per heavy atom. The molecule has 6 heteroatoms. The number of nitrogens with one attached hydrogen (secondary N) is 1. The highest BCUT2D eigenvalue weighted by Crippen LogP contribution is 2.20. The van der Waals surface area contributed by atoms with Crippen molar-refractivity contribution in [2.45, 2.75) is 19.1 Å². The molecule has 0 amide bonds. The second-order valence-corrected chi connectivity index (χ2v) is 3.21. The molecular weight excluding hydrogens is 197 g/mol.